The Morgan fingerprint density at radius 3 is 2.96 bits per heavy atom. The molecular formula is C20H23N5OS. The Morgan fingerprint density at radius 1 is 1.30 bits per heavy atom. The number of rotatable bonds is 4. The van der Waals surface area contributed by atoms with E-state index in [9.17, 15) is 4.79 Å². The van der Waals surface area contributed by atoms with Crippen LogP contribution in [0.25, 0.3) is 5.78 Å². The van der Waals surface area contributed by atoms with E-state index in [-0.39, 0.29) is 11.9 Å². The second-order valence-electron chi connectivity index (χ2n) is 7.05. The molecule has 0 unspecified atom stereocenters. The molecule has 6 nitrogen and oxygen atoms in total. The van der Waals surface area contributed by atoms with Crippen molar-refractivity contribution in [3.8, 4) is 0 Å². The number of hydrogen-bond donors (Lipinski definition) is 0. The van der Waals surface area contributed by atoms with Crippen LogP contribution in [0.4, 0.5) is 0 Å². The average Bonchev–Trinajstić information content (AvgIpc) is 3.08. The molecule has 27 heavy (non-hydrogen) atoms. The third-order valence-electron chi connectivity index (χ3n) is 5.12. The summed E-state index contributed by atoms with van der Waals surface area (Å²) in [4.78, 5) is 23.5. The molecule has 140 valence electrons. The number of carbonyl (C=O) groups excluding carboxylic acids is 1. The van der Waals surface area contributed by atoms with Crippen molar-refractivity contribution in [2.45, 2.75) is 44.3 Å². The number of aryl methyl sites for hydroxylation is 3. The van der Waals surface area contributed by atoms with Crippen molar-refractivity contribution in [1.29, 1.82) is 0 Å². The van der Waals surface area contributed by atoms with Gasteiger partial charge < -0.3 is 4.90 Å². The summed E-state index contributed by atoms with van der Waals surface area (Å²) < 4.78 is 1.72. The molecule has 2 heterocycles. The van der Waals surface area contributed by atoms with Gasteiger partial charge in [0.15, 0.2) is 0 Å². The largest absolute Gasteiger partial charge is 0.338 e. The minimum atomic E-state index is 0.0985. The smallest absolute Gasteiger partial charge is 0.253 e. The first kappa shape index (κ1) is 18.0. The average molecular weight is 382 g/mol. The highest BCUT2D eigenvalue weighted by Gasteiger charge is 2.26. The van der Waals surface area contributed by atoms with E-state index in [4.69, 9.17) is 0 Å². The van der Waals surface area contributed by atoms with Crippen LogP contribution in [0.3, 0.4) is 0 Å². The van der Waals surface area contributed by atoms with Gasteiger partial charge in [-0.25, -0.2) is 9.50 Å². The van der Waals surface area contributed by atoms with Gasteiger partial charge >= 0.3 is 0 Å². The lowest BCUT2D eigenvalue weighted by molar-refractivity contribution is -0.129. The van der Waals surface area contributed by atoms with Crippen molar-refractivity contribution in [3.05, 3.63) is 52.8 Å². The van der Waals surface area contributed by atoms with Crippen LogP contribution in [0.15, 0.2) is 35.5 Å². The minimum absolute atomic E-state index is 0.0985. The van der Waals surface area contributed by atoms with Crippen LogP contribution in [0.2, 0.25) is 0 Å². The molecule has 3 aromatic rings. The van der Waals surface area contributed by atoms with Crippen molar-refractivity contribution >= 4 is 23.4 Å². The van der Waals surface area contributed by atoms with E-state index in [0.29, 0.717) is 16.7 Å². The van der Waals surface area contributed by atoms with Crippen molar-refractivity contribution in [2.24, 2.45) is 0 Å². The maximum Gasteiger partial charge on any atom is 0.253 e. The monoisotopic (exact) mass is 381 g/mol. The summed E-state index contributed by atoms with van der Waals surface area (Å²) in [7, 11) is 1.90. The number of nitrogens with zero attached hydrogens (tertiary/aromatic N) is 5. The first-order chi connectivity index (χ1) is 13.0. The number of carbonyl (C=O) groups is 1. The lowest BCUT2D eigenvalue weighted by atomic mass is 9.87. The number of aromatic nitrogens is 4. The van der Waals surface area contributed by atoms with Crippen LogP contribution < -0.4 is 0 Å². The highest BCUT2D eigenvalue weighted by molar-refractivity contribution is 7.99. The van der Waals surface area contributed by atoms with Crippen molar-refractivity contribution in [3.63, 3.8) is 0 Å². The molecule has 7 heteroatoms. The molecule has 1 amide bonds. The van der Waals surface area contributed by atoms with Gasteiger partial charge in [-0.3, -0.25) is 4.79 Å². The second kappa shape index (κ2) is 7.31. The van der Waals surface area contributed by atoms with Gasteiger partial charge in [-0.15, -0.1) is 5.10 Å². The van der Waals surface area contributed by atoms with Gasteiger partial charge in [0, 0.05) is 18.4 Å². The highest BCUT2D eigenvalue weighted by Crippen LogP contribution is 2.33. The van der Waals surface area contributed by atoms with Crippen molar-refractivity contribution < 1.29 is 4.79 Å². The quantitative estimate of drug-likeness (QED) is 0.649. The normalized spacial score (nSPS) is 16.3. The van der Waals surface area contributed by atoms with Crippen molar-refractivity contribution in [2.75, 3.05) is 12.8 Å². The summed E-state index contributed by atoms with van der Waals surface area (Å²) in [5.41, 5.74) is 4.54. The second-order valence-corrected chi connectivity index (χ2v) is 7.99. The maximum absolute atomic E-state index is 12.8. The summed E-state index contributed by atoms with van der Waals surface area (Å²) in [6.07, 6.45) is 3.23. The standard InChI is InChI=1S/C20H23N5OS/c1-13-11-14(2)25-19(21-13)22-20(23-25)27-12-18(26)24(3)17-10-6-8-15-7-4-5-9-16(15)17/h4-5,7,9,11,17H,6,8,10,12H2,1-3H3/t17-/m1/s1. The number of hydrogen-bond acceptors (Lipinski definition) is 5. The van der Waals surface area contributed by atoms with Gasteiger partial charge in [-0.05, 0) is 50.3 Å². The molecule has 4 rings (SSSR count). The van der Waals surface area contributed by atoms with Crippen LogP contribution in [-0.4, -0.2) is 43.2 Å². The summed E-state index contributed by atoms with van der Waals surface area (Å²) in [5, 5.41) is 5.05. The SMILES string of the molecule is Cc1cc(C)n2nc(SCC(=O)N(C)[C@@H]3CCCc4ccccc43)nc2n1. The third-order valence-corrected chi connectivity index (χ3v) is 5.94. The Kier molecular flexibility index (Phi) is 4.86. The third kappa shape index (κ3) is 3.56. The van der Waals surface area contributed by atoms with Crippen LogP contribution in [0.1, 0.15) is 41.4 Å². The van der Waals surface area contributed by atoms with Gasteiger partial charge in [0.2, 0.25) is 11.1 Å². The Hall–Kier alpha value is -2.41. The molecule has 1 atom stereocenters. The topological polar surface area (TPSA) is 63.4 Å². The van der Waals surface area contributed by atoms with Crippen molar-refractivity contribution in [1.82, 2.24) is 24.5 Å². The lowest BCUT2D eigenvalue weighted by Crippen LogP contribution is -2.34. The predicted octanol–water partition coefficient (Wildman–Crippen LogP) is 3.37. The Labute approximate surface area is 163 Å². The summed E-state index contributed by atoms with van der Waals surface area (Å²) in [5.74, 6) is 1.00. The zero-order chi connectivity index (χ0) is 19.0. The van der Waals surface area contributed by atoms with Crippen LogP contribution in [0, 0.1) is 13.8 Å². The summed E-state index contributed by atoms with van der Waals surface area (Å²) in [6, 6.07) is 10.6. The Balaban J connectivity index is 1.46. The number of fused-ring (bicyclic) bond motifs is 2. The first-order valence-electron chi connectivity index (χ1n) is 9.20. The van der Waals surface area contributed by atoms with Crippen LogP contribution in [0.5, 0.6) is 0 Å². The molecule has 1 aromatic carbocycles. The molecule has 1 aliphatic rings. The van der Waals surface area contributed by atoms with E-state index >= 15 is 0 Å². The van der Waals surface area contributed by atoms with E-state index in [1.54, 1.807) is 4.52 Å². The molecule has 0 radical (unpaired) electrons. The van der Waals surface area contributed by atoms with Gasteiger partial charge in [-0.2, -0.15) is 4.98 Å². The molecule has 2 aromatic heterocycles. The van der Waals surface area contributed by atoms with Crippen LogP contribution >= 0.6 is 11.8 Å². The molecular weight excluding hydrogens is 358 g/mol. The first-order valence-corrected chi connectivity index (χ1v) is 10.2. The number of amides is 1. The predicted molar refractivity (Wildman–Crippen MR) is 106 cm³/mol. The summed E-state index contributed by atoms with van der Waals surface area (Å²) >= 11 is 1.37. The zero-order valence-corrected chi connectivity index (χ0v) is 16.7. The Morgan fingerprint density at radius 2 is 2.11 bits per heavy atom. The van der Waals surface area contributed by atoms with E-state index in [1.807, 2.05) is 31.9 Å². The molecule has 0 saturated heterocycles. The van der Waals surface area contributed by atoms with E-state index < -0.39 is 0 Å². The van der Waals surface area contributed by atoms with Gasteiger partial charge in [0.1, 0.15) is 0 Å². The van der Waals surface area contributed by atoms with Gasteiger partial charge in [0.05, 0.1) is 11.8 Å². The fourth-order valence-corrected chi connectivity index (χ4v) is 4.48. The molecule has 0 fully saturated rings. The molecule has 1 aliphatic carbocycles. The molecule has 0 spiro atoms. The molecule has 0 bridgehead atoms. The summed E-state index contributed by atoms with van der Waals surface area (Å²) in [6.45, 7) is 3.92. The lowest BCUT2D eigenvalue weighted by Gasteiger charge is -2.33. The molecule has 0 aliphatic heterocycles. The van der Waals surface area contributed by atoms with E-state index in [1.165, 1.54) is 22.9 Å². The van der Waals surface area contributed by atoms with E-state index in [0.717, 1.165) is 30.7 Å². The Bertz CT molecular complexity index is 999. The van der Waals surface area contributed by atoms with Gasteiger partial charge in [0.25, 0.3) is 5.78 Å². The molecule has 0 saturated carbocycles. The fraction of sp³-hybridized carbons (Fsp3) is 0.400. The maximum atomic E-state index is 12.8. The minimum Gasteiger partial charge on any atom is -0.338 e. The fourth-order valence-electron chi connectivity index (χ4n) is 3.74. The number of benzene rings is 1. The van der Waals surface area contributed by atoms with Crippen LogP contribution in [-0.2, 0) is 11.2 Å². The highest BCUT2D eigenvalue weighted by atomic mass is 32.2. The number of thioether (sulfide) groups is 1. The zero-order valence-electron chi connectivity index (χ0n) is 15.8. The van der Waals surface area contributed by atoms with Gasteiger partial charge in [-0.1, -0.05) is 36.0 Å². The molecule has 0 N–H and O–H groups in total. The van der Waals surface area contributed by atoms with E-state index in [2.05, 4.69) is 39.3 Å².